The molecular formula is C17H9BrN2S. The van der Waals surface area contributed by atoms with Crippen molar-refractivity contribution in [2.24, 2.45) is 0 Å². The third-order valence-electron chi connectivity index (χ3n) is 3.92. The summed E-state index contributed by atoms with van der Waals surface area (Å²) in [6, 6.07) is 15.1. The Labute approximate surface area is 132 Å². The van der Waals surface area contributed by atoms with Crippen LogP contribution in [0.2, 0.25) is 0 Å². The van der Waals surface area contributed by atoms with Gasteiger partial charge in [-0.3, -0.25) is 0 Å². The molecule has 0 bridgehead atoms. The first kappa shape index (κ1) is 11.7. The molecule has 0 saturated carbocycles. The summed E-state index contributed by atoms with van der Waals surface area (Å²) in [6.45, 7) is 0. The maximum absolute atomic E-state index is 4.41. The average molecular weight is 353 g/mol. The van der Waals surface area contributed by atoms with Gasteiger partial charge in [-0.2, -0.15) is 0 Å². The Bertz CT molecular complexity index is 1150. The third-order valence-corrected chi connectivity index (χ3v) is 5.53. The van der Waals surface area contributed by atoms with E-state index in [0.717, 1.165) is 15.6 Å². The van der Waals surface area contributed by atoms with Crippen LogP contribution in [0.1, 0.15) is 0 Å². The SMILES string of the molecule is Brc1ccc2c(c1)sc1cc3[nH]c4ncccc4c3cc12. The summed E-state index contributed by atoms with van der Waals surface area (Å²) < 4.78 is 3.75. The van der Waals surface area contributed by atoms with Gasteiger partial charge in [-0.1, -0.05) is 22.0 Å². The van der Waals surface area contributed by atoms with Crippen LogP contribution in [0.25, 0.3) is 42.1 Å². The number of benzene rings is 2. The first-order valence-corrected chi connectivity index (χ1v) is 8.29. The van der Waals surface area contributed by atoms with Crippen molar-refractivity contribution in [2.45, 2.75) is 0 Å². The molecule has 0 aliphatic rings. The first-order chi connectivity index (χ1) is 10.3. The van der Waals surface area contributed by atoms with Crippen LogP contribution in [0.15, 0.2) is 53.1 Å². The maximum Gasteiger partial charge on any atom is 0.138 e. The van der Waals surface area contributed by atoms with Crippen LogP contribution in [0, 0.1) is 0 Å². The van der Waals surface area contributed by atoms with Crippen LogP contribution in [0.3, 0.4) is 0 Å². The van der Waals surface area contributed by atoms with E-state index in [1.807, 2.05) is 23.6 Å². The van der Waals surface area contributed by atoms with Gasteiger partial charge in [-0.15, -0.1) is 11.3 Å². The van der Waals surface area contributed by atoms with Crippen molar-refractivity contribution in [3.63, 3.8) is 0 Å². The average Bonchev–Trinajstić information content (AvgIpc) is 3.01. The second-order valence-electron chi connectivity index (χ2n) is 5.16. The van der Waals surface area contributed by atoms with E-state index in [9.17, 15) is 0 Å². The second kappa shape index (κ2) is 4.06. The van der Waals surface area contributed by atoms with Gasteiger partial charge < -0.3 is 4.98 Å². The third kappa shape index (κ3) is 1.60. The normalized spacial score (nSPS) is 12.0. The van der Waals surface area contributed by atoms with E-state index in [2.05, 4.69) is 62.3 Å². The number of fused-ring (bicyclic) bond motifs is 6. The standard InChI is InChI=1S/C17H9BrN2S/c18-9-3-4-10-13-7-12-11-2-1-5-19-17(11)20-14(12)8-16(13)21-15(10)6-9/h1-8H,(H,19,20). The molecule has 0 spiro atoms. The molecule has 3 heterocycles. The molecule has 1 N–H and O–H groups in total. The Morgan fingerprint density at radius 3 is 2.76 bits per heavy atom. The van der Waals surface area contributed by atoms with Crippen LogP contribution in [-0.2, 0) is 0 Å². The Morgan fingerprint density at radius 2 is 1.81 bits per heavy atom. The van der Waals surface area contributed by atoms with Crippen molar-refractivity contribution in [3.8, 4) is 0 Å². The maximum atomic E-state index is 4.41. The molecule has 5 aromatic rings. The molecular weight excluding hydrogens is 344 g/mol. The Kier molecular flexibility index (Phi) is 2.26. The molecule has 100 valence electrons. The monoisotopic (exact) mass is 352 g/mol. The summed E-state index contributed by atoms with van der Waals surface area (Å²) in [4.78, 5) is 7.82. The molecule has 0 aliphatic heterocycles. The van der Waals surface area contributed by atoms with Gasteiger partial charge >= 0.3 is 0 Å². The Morgan fingerprint density at radius 1 is 0.905 bits per heavy atom. The van der Waals surface area contributed by atoms with Gasteiger partial charge in [0.15, 0.2) is 0 Å². The molecule has 3 aromatic heterocycles. The summed E-state index contributed by atoms with van der Waals surface area (Å²) in [5.74, 6) is 0. The second-order valence-corrected chi connectivity index (χ2v) is 7.16. The summed E-state index contributed by atoms with van der Waals surface area (Å²) in [5.41, 5.74) is 2.11. The van der Waals surface area contributed by atoms with Crippen molar-refractivity contribution < 1.29 is 0 Å². The number of aromatic amines is 1. The van der Waals surface area contributed by atoms with E-state index in [-0.39, 0.29) is 0 Å². The fourth-order valence-electron chi connectivity index (χ4n) is 2.97. The Hall–Kier alpha value is -1.91. The number of rotatable bonds is 0. The summed E-state index contributed by atoms with van der Waals surface area (Å²) in [6.07, 6.45) is 1.83. The predicted molar refractivity (Wildman–Crippen MR) is 94.2 cm³/mol. The van der Waals surface area contributed by atoms with Gasteiger partial charge in [0.25, 0.3) is 0 Å². The summed E-state index contributed by atoms with van der Waals surface area (Å²) in [7, 11) is 0. The zero-order chi connectivity index (χ0) is 14.0. The zero-order valence-electron chi connectivity index (χ0n) is 10.9. The number of aromatic nitrogens is 2. The lowest BCUT2D eigenvalue weighted by molar-refractivity contribution is 1.35. The highest BCUT2D eigenvalue weighted by atomic mass is 79.9. The lowest BCUT2D eigenvalue weighted by Crippen LogP contribution is -1.71. The molecule has 2 aromatic carbocycles. The minimum Gasteiger partial charge on any atom is -0.339 e. The van der Waals surface area contributed by atoms with E-state index in [4.69, 9.17) is 0 Å². The number of thiophene rings is 1. The molecule has 0 saturated heterocycles. The van der Waals surface area contributed by atoms with Gasteiger partial charge in [0.05, 0.1) is 0 Å². The highest BCUT2D eigenvalue weighted by Crippen LogP contribution is 2.38. The van der Waals surface area contributed by atoms with Gasteiger partial charge in [0.2, 0.25) is 0 Å². The van der Waals surface area contributed by atoms with Crippen molar-refractivity contribution in [1.82, 2.24) is 9.97 Å². The number of nitrogens with zero attached hydrogens (tertiary/aromatic N) is 1. The topological polar surface area (TPSA) is 28.7 Å². The molecule has 0 aliphatic carbocycles. The molecule has 0 amide bonds. The van der Waals surface area contributed by atoms with Gasteiger partial charge in [0, 0.05) is 47.1 Å². The van der Waals surface area contributed by atoms with E-state index in [1.54, 1.807) is 0 Å². The first-order valence-electron chi connectivity index (χ1n) is 6.68. The quantitative estimate of drug-likeness (QED) is 0.372. The van der Waals surface area contributed by atoms with Gasteiger partial charge in [-0.05, 0) is 36.4 Å². The molecule has 0 radical (unpaired) electrons. The lowest BCUT2D eigenvalue weighted by atomic mass is 10.1. The largest absolute Gasteiger partial charge is 0.339 e. The molecule has 0 unspecified atom stereocenters. The van der Waals surface area contributed by atoms with Crippen LogP contribution >= 0.6 is 27.3 Å². The molecule has 5 rings (SSSR count). The van der Waals surface area contributed by atoms with Crippen molar-refractivity contribution in [1.29, 1.82) is 0 Å². The number of hydrogen-bond acceptors (Lipinski definition) is 2. The zero-order valence-corrected chi connectivity index (χ0v) is 13.3. The van der Waals surface area contributed by atoms with Crippen LogP contribution in [0.5, 0.6) is 0 Å². The number of nitrogens with one attached hydrogen (secondary N) is 1. The van der Waals surface area contributed by atoms with Crippen LogP contribution < -0.4 is 0 Å². The minimum atomic E-state index is 0.956. The predicted octanol–water partition coefficient (Wildman–Crippen LogP) is 5.85. The fraction of sp³-hybridized carbons (Fsp3) is 0. The lowest BCUT2D eigenvalue weighted by Gasteiger charge is -1.94. The highest BCUT2D eigenvalue weighted by Gasteiger charge is 2.10. The summed E-state index contributed by atoms with van der Waals surface area (Å²) in [5, 5.41) is 5.07. The number of hydrogen-bond donors (Lipinski definition) is 1. The van der Waals surface area contributed by atoms with Gasteiger partial charge in [0.1, 0.15) is 5.65 Å². The molecule has 0 atom stereocenters. The van der Waals surface area contributed by atoms with Gasteiger partial charge in [-0.25, -0.2) is 4.98 Å². The molecule has 0 fully saturated rings. The molecule has 2 nitrogen and oxygen atoms in total. The minimum absolute atomic E-state index is 0.956. The number of pyridine rings is 1. The fourth-order valence-corrected chi connectivity index (χ4v) is 4.65. The highest BCUT2D eigenvalue weighted by molar-refractivity contribution is 9.10. The molecule has 21 heavy (non-hydrogen) atoms. The molecule has 4 heteroatoms. The van der Waals surface area contributed by atoms with E-state index in [1.165, 1.54) is 30.9 Å². The van der Waals surface area contributed by atoms with Crippen molar-refractivity contribution in [3.05, 3.63) is 53.1 Å². The van der Waals surface area contributed by atoms with E-state index >= 15 is 0 Å². The number of halogens is 1. The smallest absolute Gasteiger partial charge is 0.138 e. The van der Waals surface area contributed by atoms with Crippen molar-refractivity contribution in [2.75, 3.05) is 0 Å². The Balaban J connectivity index is 2.01. The van der Waals surface area contributed by atoms with E-state index in [0.29, 0.717) is 0 Å². The van der Waals surface area contributed by atoms with Crippen LogP contribution in [-0.4, -0.2) is 9.97 Å². The number of H-pyrrole nitrogens is 1. The summed E-state index contributed by atoms with van der Waals surface area (Å²) >= 11 is 5.38. The van der Waals surface area contributed by atoms with Crippen molar-refractivity contribution >= 4 is 69.4 Å². The van der Waals surface area contributed by atoms with Crippen LogP contribution in [0.4, 0.5) is 0 Å². The van der Waals surface area contributed by atoms with E-state index < -0.39 is 0 Å².